The second-order valence-electron chi connectivity index (χ2n) is 7.69. The molecule has 182 valence electrons. The Morgan fingerprint density at radius 3 is 2.57 bits per heavy atom. The fourth-order valence-electron chi connectivity index (χ4n) is 3.60. The normalized spacial score (nSPS) is 10.6. The molecule has 0 spiro atoms. The number of carboxylic acid groups (broad SMARTS) is 1. The second-order valence-corrected chi connectivity index (χ2v) is 9.20. The Hall–Kier alpha value is -2.04. The van der Waals surface area contributed by atoms with E-state index >= 15 is 0 Å². The van der Waals surface area contributed by atoms with Crippen LogP contribution in [-0.2, 0) is 14.1 Å². The summed E-state index contributed by atoms with van der Waals surface area (Å²) in [4.78, 5) is 18.9. The SMILES string of the molecule is Cc1ccc(SOONc2cccc(-n3c(=S)[nH][nH]c3=S)c2)c(C)c1N(C)CCCCC(=O)[O-].[Li+]. The van der Waals surface area contributed by atoms with Crippen molar-refractivity contribution < 1.29 is 38.1 Å². The maximum atomic E-state index is 10.6. The van der Waals surface area contributed by atoms with Crippen LogP contribution in [0.1, 0.15) is 30.4 Å². The van der Waals surface area contributed by atoms with E-state index in [2.05, 4.69) is 20.6 Å². The molecule has 13 heteroatoms. The zero-order chi connectivity index (χ0) is 24.7. The minimum Gasteiger partial charge on any atom is -0.550 e. The molecule has 35 heavy (non-hydrogen) atoms. The van der Waals surface area contributed by atoms with Crippen molar-refractivity contribution in [2.45, 2.75) is 38.0 Å². The Balaban J connectivity index is 0.00000432. The van der Waals surface area contributed by atoms with Crippen molar-refractivity contribution in [1.29, 1.82) is 0 Å². The Morgan fingerprint density at radius 1 is 1.17 bits per heavy atom. The summed E-state index contributed by atoms with van der Waals surface area (Å²) in [6, 6.07) is 11.4. The molecule has 0 saturated heterocycles. The van der Waals surface area contributed by atoms with E-state index in [9.17, 15) is 9.90 Å². The number of nitrogens with zero attached hydrogens (tertiary/aromatic N) is 2. The quantitative estimate of drug-likeness (QED) is 0.0807. The van der Waals surface area contributed by atoms with Gasteiger partial charge in [0.25, 0.3) is 0 Å². The molecule has 3 N–H and O–H groups in total. The van der Waals surface area contributed by atoms with E-state index in [4.69, 9.17) is 33.8 Å². The van der Waals surface area contributed by atoms with Crippen molar-refractivity contribution in [2.75, 3.05) is 24.0 Å². The van der Waals surface area contributed by atoms with Gasteiger partial charge >= 0.3 is 18.9 Å². The molecular formula is C22H26LiN5O4S3. The molecule has 3 rings (SSSR count). The fourth-order valence-corrected chi connectivity index (χ4v) is 4.64. The summed E-state index contributed by atoms with van der Waals surface area (Å²) in [5.41, 5.74) is 7.46. The molecule has 0 unspecified atom stereocenters. The van der Waals surface area contributed by atoms with Gasteiger partial charge in [0.05, 0.1) is 23.4 Å². The molecule has 0 radical (unpaired) electrons. The van der Waals surface area contributed by atoms with Crippen molar-refractivity contribution in [2.24, 2.45) is 0 Å². The number of carbonyl (C=O) groups excluding carboxylic acids is 1. The average Bonchev–Trinajstić information content (AvgIpc) is 3.13. The van der Waals surface area contributed by atoms with Gasteiger partial charge in [0, 0.05) is 30.1 Å². The number of benzene rings is 2. The van der Waals surface area contributed by atoms with E-state index in [0.717, 1.165) is 52.4 Å². The maximum Gasteiger partial charge on any atom is 1.00 e. The Kier molecular flexibility index (Phi) is 11.6. The van der Waals surface area contributed by atoms with Gasteiger partial charge in [-0.3, -0.25) is 14.8 Å². The number of H-pyrrole nitrogens is 2. The number of anilines is 2. The Morgan fingerprint density at radius 2 is 1.89 bits per heavy atom. The van der Waals surface area contributed by atoms with Crippen LogP contribution < -0.4 is 34.3 Å². The number of unbranched alkanes of at least 4 members (excludes halogenated alkanes) is 1. The smallest absolute Gasteiger partial charge is 0.550 e. The van der Waals surface area contributed by atoms with Gasteiger partial charge in [0.2, 0.25) is 0 Å². The molecule has 2 aromatic carbocycles. The van der Waals surface area contributed by atoms with Crippen LogP contribution in [0.3, 0.4) is 0 Å². The van der Waals surface area contributed by atoms with E-state index in [-0.39, 0.29) is 25.3 Å². The summed E-state index contributed by atoms with van der Waals surface area (Å²) >= 11 is 11.6. The topological polar surface area (TPSA) is 110 Å². The van der Waals surface area contributed by atoms with Crippen LogP contribution in [0.5, 0.6) is 0 Å². The molecule has 0 aliphatic carbocycles. The van der Waals surface area contributed by atoms with Crippen LogP contribution in [-0.4, -0.2) is 34.3 Å². The molecule has 3 aromatic rings. The molecule has 1 heterocycles. The van der Waals surface area contributed by atoms with Crippen molar-refractivity contribution in [3.05, 3.63) is 57.1 Å². The summed E-state index contributed by atoms with van der Waals surface area (Å²) in [5.74, 6) is -1.01. The first kappa shape index (κ1) is 29.2. The number of carboxylic acids is 1. The molecule has 0 fully saturated rings. The molecule has 0 aliphatic rings. The first-order valence-corrected chi connectivity index (χ1v) is 12.1. The van der Waals surface area contributed by atoms with Crippen LogP contribution in [0, 0.1) is 23.4 Å². The molecule has 9 nitrogen and oxygen atoms in total. The van der Waals surface area contributed by atoms with Gasteiger partial charge in [-0.1, -0.05) is 12.1 Å². The number of carbonyl (C=O) groups is 1. The summed E-state index contributed by atoms with van der Waals surface area (Å²) in [5, 5.41) is 16.2. The van der Waals surface area contributed by atoms with E-state index in [0.29, 0.717) is 21.7 Å². The third kappa shape index (κ3) is 7.98. The summed E-state index contributed by atoms with van der Waals surface area (Å²) in [7, 11) is 2.00. The molecule has 0 amide bonds. The maximum absolute atomic E-state index is 10.6. The zero-order valence-corrected chi connectivity index (χ0v) is 22.5. The van der Waals surface area contributed by atoms with Gasteiger partial charge in [-0.15, -0.1) is 9.32 Å². The zero-order valence-electron chi connectivity index (χ0n) is 20.0. The predicted molar refractivity (Wildman–Crippen MR) is 136 cm³/mol. The first-order valence-electron chi connectivity index (χ1n) is 10.6. The minimum atomic E-state index is -1.01. The number of rotatable bonds is 12. The van der Waals surface area contributed by atoms with Crippen LogP contribution in [0.15, 0.2) is 41.3 Å². The second kappa shape index (κ2) is 13.9. The number of aromatic amines is 2. The van der Waals surface area contributed by atoms with E-state index in [1.165, 1.54) is 0 Å². The third-order valence-electron chi connectivity index (χ3n) is 5.19. The molecular weight excluding hydrogens is 501 g/mol. The first-order chi connectivity index (χ1) is 16.3. The van der Waals surface area contributed by atoms with E-state index < -0.39 is 5.97 Å². The molecule has 0 bridgehead atoms. The van der Waals surface area contributed by atoms with Gasteiger partial charge < -0.3 is 14.8 Å². The number of aryl methyl sites for hydroxylation is 1. The molecule has 0 aliphatic heterocycles. The van der Waals surface area contributed by atoms with Crippen molar-refractivity contribution >= 4 is 53.8 Å². The molecule has 0 atom stereocenters. The number of hydrogen-bond donors (Lipinski definition) is 3. The van der Waals surface area contributed by atoms with Crippen molar-refractivity contribution in [3.63, 3.8) is 0 Å². The van der Waals surface area contributed by atoms with Crippen molar-refractivity contribution in [3.8, 4) is 5.69 Å². The number of hydrogen-bond acceptors (Lipinski definition) is 9. The minimum absolute atomic E-state index is 0. The van der Waals surface area contributed by atoms with Crippen molar-refractivity contribution in [1.82, 2.24) is 14.8 Å². The monoisotopic (exact) mass is 527 g/mol. The standard InChI is InChI=1S/C22H27N5O4S3.Li/c1-14-10-11-18(15(2)20(14)26(3)12-5-4-9-19(28)29)34-31-30-25-16-7-6-8-17(13-16)27-21(32)23-24-22(27)33;/h6-8,10-11,13,25H,4-5,9,12H2,1-3H3,(H,23,32)(H,24,33)(H,28,29);/q;+1/p-1. The van der Waals surface area contributed by atoms with Crippen LogP contribution in [0.2, 0.25) is 0 Å². The molecule has 1 aromatic heterocycles. The summed E-state index contributed by atoms with van der Waals surface area (Å²) in [6.45, 7) is 4.81. The number of aliphatic carboxylic acids is 1. The number of aromatic nitrogens is 3. The van der Waals surface area contributed by atoms with E-state index in [1.54, 1.807) is 4.57 Å². The van der Waals surface area contributed by atoms with Gasteiger partial charge in [-0.05, 0) is 92.9 Å². The average molecular weight is 528 g/mol. The van der Waals surface area contributed by atoms with E-state index in [1.807, 2.05) is 57.3 Å². The number of nitrogens with one attached hydrogen (secondary N) is 3. The van der Waals surface area contributed by atoms with Gasteiger partial charge in [0.15, 0.2) is 9.54 Å². The van der Waals surface area contributed by atoms with Crippen LogP contribution in [0.25, 0.3) is 5.69 Å². The summed E-state index contributed by atoms with van der Waals surface area (Å²) in [6.07, 6.45) is 1.43. The summed E-state index contributed by atoms with van der Waals surface area (Å²) < 4.78 is 7.95. The largest absolute Gasteiger partial charge is 1.00 e. The Bertz CT molecular complexity index is 1230. The van der Waals surface area contributed by atoms with Gasteiger partial charge in [-0.2, -0.15) is 0 Å². The van der Waals surface area contributed by atoms with Gasteiger partial charge in [0.1, 0.15) is 0 Å². The van der Waals surface area contributed by atoms with Crippen LogP contribution >= 0.6 is 36.5 Å². The third-order valence-corrected chi connectivity index (χ3v) is 6.52. The van der Waals surface area contributed by atoms with Crippen LogP contribution in [0.4, 0.5) is 11.4 Å². The molecule has 0 saturated carbocycles. The Labute approximate surface area is 230 Å². The fraction of sp³-hybridized carbons (Fsp3) is 0.318. The van der Waals surface area contributed by atoms with Gasteiger partial charge in [-0.25, -0.2) is 5.48 Å². The predicted octanol–water partition coefficient (Wildman–Crippen LogP) is 1.55.